The van der Waals surface area contributed by atoms with Gasteiger partial charge in [-0.3, -0.25) is 4.79 Å². The second kappa shape index (κ2) is 8.42. The summed E-state index contributed by atoms with van der Waals surface area (Å²) in [6.45, 7) is 0.952. The molecule has 1 amide bonds. The number of amides is 1. The zero-order chi connectivity index (χ0) is 20.3. The van der Waals surface area contributed by atoms with Crippen LogP contribution in [0.1, 0.15) is 23.2 Å². The fourth-order valence-electron chi connectivity index (χ4n) is 3.03. The third-order valence-electron chi connectivity index (χ3n) is 4.57. The quantitative estimate of drug-likeness (QED) is 0.548. The average molecular weight is 423 g/mol. The number of anilines is 1. The highest BCUT2D eigenvalue weighted by atomic mass is 32.2. The summed E-state index contributed by atoms with van der Waals surface area (Å²) >= 11 is 1.52. The molecule has 1 aliphatic rings. The van der Waals surface area contributed by atoms with E-state index in [0.717, 1.165) is 17.7 Å². The van der Waals surface area contributed by atoms with Gasteiger partial charge in [0.2, 0.25) is 10.0 Å². The van der Waals surface area contributed by atoms with Crippen molar-refractivity contribution < 1.29 is 23.1 Å². The molecule has 7 nitrogen and oxygen atoms in total. The summed E-state index contributed by atoms with van der Waals surface area (Å²) in [6.07, 6.45) is 3.57. The maximum absolute atomic E-state index is 12.7. The number of methoxy groups -OCH3 is 1. The number of sulfonamides is 1. The van der Waals surface area contributed by atoms with Gasteiger partial charge in [-0.05, 0) is 55.5 Å². The van der Waals surface area contributed by atoms with Crippen molar-refractivity contribution in [2.45, 2.75) is 22.6 Å². The number of rotatable bonds is 6. The minimum absolute atomic E-state index is 0.0290. The molecule has 9 heteroatoms. The van der Waals surface area contributed by atoms with Gasteiger partial charge in [-0.2, -0.15) is 4.31 Å². The van der Waals surface area contributed by atoms with Crippen LogP contribution >= 0.6 is 11.8 Å². The fourth-order valence-corrected chi connectivity index (χ4v) is 5.00. The van der Waals surface area contributed by atoms with E-state index >= 15 is 0 Å². The van der Waals surface area contributed by atoms with E-state index in [9.17, 15) is 18.3 Å². The summed E-state index contributed by atoms with van der Waals surface area (Å²) in [7, 11) is -2.19. The second-order valence-electron chi connectivity index (χ2n) is 6.31. The number of benzene rings is 2. The molecule has 2 aromatic rings. The van der Waals surface area contributed by atoms with Gasteiger partial charge in [-0.25, -0.2) is 8.42 Å². The smallest absolute Gasteiger partial charge is 0.259 e. The zero-order valence-electron chi connectivity index (χ0n) is 15.6. The first kappa shape index (κ1) is 20.5. The van der Waals surface area contributed by atoms with E-state index < -0.39 is 15.9 Å². The van der Waals surface area contributed by atoms with Crippen molar-refractivity contribution in [3.05, 3.63) is 42.0 Å². The Kier molecular flexibility index (Phi) is 6.17. The van der Waals surface area contributed by atoms with Crippen LogP contribution in [0.5, 0.6) is 11.5 Å². The molecular formula is C19H22N2O5S2. The van der Waals surface area contributed by atoms with E-state index in [-0.39, 0.29) is 21.9 Å². The molecule has 0 radical (unpaired) electrons. The van der Waals surface area contributed by atoms with Gasteiger partial charge in [0.25, 0.3) is 5.91 Å². The maximum atomic E-state index is 12.7. The van der Waals surface area contributed by atoms with Crippen molar-refractivity contribution >= 4 is 33.4 Å². The van der Waals surface area contributed by atoms with Crippen LogP contribution in [0.25, 0.3) is 0 Å². The first-order valence-electron chi connectivity index (χ1n) is 8.73. The highest BCUT2D eigenvalue weighted by molar-refractivity contribution is 7.98. The van der Waals surface area contributed by atoms with Gasteiger partial charge in [0.1, 0.15) is 11.5 Å². The van der Waals surface area contributed by atoms with E-state index in [0.29, 0.717) is 18.8 Å². The van der Waals surface area contributed by atoms with Crippen LogP contribution in [-0.4, -0.2) is 50.2 Å². The van der Waals surface area contributed by atoms with Crippen molar-refractivity contribution in [3.63, 3.8) is 0 Å². The molecule has 0 bridgehead atoms. The Labute approximate surface area is 168 Å². The third-order valence-corrected chi connectivity index (χ3v) is 7.19. The van der Waals surface area contributed by atoms with Crippen LogP contribution in [0.2, 0.25) is 0 Å². The number of carbonyl (C=O) groups is 1. The second-order valence-corrected chi connectivity index (χ2v) is 9.13. The normalized spacial score (nSPS) is 14.8. The lowest BCUT2D eigenvalue weighted by Crippen LogP contribution is -2.28. The van der Waals surface area contributed by atoms with Crippen molar-refractivity contribution in [2.75, 3.05) is 31.8 Å². The Morgan fingerprint density at radius 1 is 1.18 bits per heavy atom. The molecule has 150 valence electrons. The Hall–Kier alpha value is -2.23. The van der Waals surface area contributed by atoms with Crippen molar-refractivity contribution in [3.8, 4) is 11.5 Å². The Bertz CT molecular complexity index is 986. The molecule has 0 atom stereocenters. The number of phenols is 1. The average Bonchev–Trinajstić information content (AvgIpc) is 3.24. The van der Waals surface area contributed by atoms with Crippen molar-refractivity contribution in [2.24, 2.45) is 0 Å². The lowest BCUT2D eigenvalue weighted by Gasteiger charge is -2.17. The summed E-state index contributed by atoms with van der Waals surface area (Å²) < 4.78 is 32.2. The number of nitrogens with zero attached hydrogens (tertiary/aromatic N) is 1. The Morgan fingerprint density at radius 2 is 1.89 bits per heavy atom. The largest absolute Gasteiger partial charge is 0.506 e. The van der Waals surface area contributed by atoms with Gasteiger partial charge >= 0.3 is 0 Å². The first-order chi connectivity index (χ1) is 13.4. The van der Waals surface area contributed by atoms with Gasteiger partial charge < -0.3 is 15.2 Å². The Balaban J connectivity index is 1.89. The molecule has 1 saturated heterocycles. The van der Waals surface area contributed by atoms with E-state index in [1.54, 1.807) is 18.2 Å². The van der Waals surface area contributed by atoms with Crippen LogP contribution in [0.3, 0.4) is 0 Å². The van der Waals surface area contributed by atoms with Gasteiger partial charge in [-0.15, -0.1) is 11.8 Å². The number of phenolic OH excluding ortho intramolecular Hbond substituents is 1. The van der Waals surface area contributed by atoms with Crippen LogP contribution in [0.4, 0.5) is 5.69 Å². The standard InChI is InChI=1S/C19H22N2O5S2/c1-26-18-11-13(27-2)5-7-15(18)19(23)20-16-12-14(6-8-17(16)22)28(24,25)21-9-3-4-10-21/h5-8,11-12,22H,3-4,9-10H2,1-2H3,(H,20,23). The van der Waals surface area contributed by atoms with Gasteiger partial charge in [0, 0.05) is 18.0 Å². The van der Waals surface area contributed by atoms with Crippen molar-refractivity contribution in [1.29, 1.82) is 0 Å². The molecule has 3 rings (SSSR count). The lowest BCUT2D eigenvalue weighted by atomic mass is 10.1. The van der Waals surface area contributed by atoms with Gasteiger partial charge in [0.15, 0.2) is 0 Å². The van der Waals surface area contributed by atoms with E-state index in [2.05, 4.69) is 5.32 Å². The van der Waals surface area contributed by atoms with Crippen LogP contribution in [0, 0.1) is 0 Å². The molecule has 0 unspecified atom stereocenters. The minimum Gasteiger partial charge on any atom is -0.506 e. The van der Waals surface area contributed by atoms with Gasteiger partial charge in [0.05, 0.1) is 23.3 Å². The predicted molar refractivity (Wildman–Crippen MR) is 109 cm³/mol. The molecule has 28 heavy (non-hydrogen) atoms. The highest BCUT2D eigenvalue weighted by Gasteiger charge is 2.28. The molecular weight excluding hydrogens is 400 g/mol. The van der Waals surface area contributed by atoms with E-state index in [1.165, 1.54) is 41.4 Å². The molecule has 0 aromatic heterocycles. The third kappa shape index (κ3) is 4.11. The van der Waals surface area contributed by atoms with Crippen molar-refractivity contribution in [1.82, 2.24) is 4.31 Å². The van der Waals surface area contributed by atoms with E-state index in [4.69, 9.17) is 4.74 Å². The molecule has 0 aliphatic carbocycles. The Morgan fingerprint density at radius 3 is 2.54 bits per heavy atom. The number of aromatic hydroxyl groups is 1. The number of hydrogen-bond donors (Lipinski definition) is 2. The van der Waals surface area contributed by atoms with Crippen LogP contribution in [0.15, 0.2) is 46.2 Å². The number of thioether (sulfide) groups is 1. The monoisotopic (exact) mass is 422 g/mol. The predicted octanol–water partition coefficient (Wildman–Crippen LogP) is 3.16. The number of carbonyl (C=O) groups excluding carboxylic acids is 1. The van der Waals surface area contributed by atoms with Crippen LogP contribution in [-0.2, 0) is 10.0 Å². The summed E-state index contributed by atoms with van der Waals surface area (Å²) in [4.78, 5) is 13.7. The first-order valence-corrected chi connectivity index (χ1v) is 11.4. The SMILES string of the molecule is COc1cc(SC)ccc1C(=O)Nc1cc(S(=O)(=O)N2CCCC2)ccc1O. The number of nitrogens with one attached hydrogen (secondary N) is 1. The lowest BCUT2D eigenvalue weighted by molar-refractivity contribution is 0.102. The molecule has 0 spiro atoms. The summed E-state index contributed by atoms with van der Waals surface area (Å²) in [5, 5.41) is 12.7. The molecule has 1 aliphatic heterocycles. The van der Waals surface area contributed by atoms with Gasteiger partial charge in [-0.1, -0.05) is 0 Å². The number of ether oxygens (including phenoxy) is 1. The molecule has 2 aromatic carbocycles. The molecule has 2 N–H and O–H groups in total. The number of hydrogen-bond acceptors (Lipinski definition) is 6. The summed E-state index contributed by atoms with van der Waals surface area (Å²) in [5.41, 5.74) is 0.314. The van der Waals surface area contributed by atoms with Crippen LogP contribution < -0.4 is 10.1 Å². The highest BCUT2D eigenvalue weighted by Crippen LogP contribution is 2.31. The summed E-state index contributed by atoms with van der Waals surface area (Å²) in [5.74, 6) is -0.325. The topological polar surface area (TPSA) is 95.9 Å². The molecule has 1 fully saturated rings. The zero-order valence-corrected chi connectivity index (χ0v) is 17.3. The molecule has 0 saturated carbocycles. The van der Waals surface area contributed by atoms with E-state index in [1.807, 2.05) is 6.26 Å². The maximum Gasteiger partial charge on any atom is 0.259 e. The minimum atomic E-state index is -3.66. The summed E-state index contributed by atoms with van der Waals surface area (Å²) in [6, 6.07) is 9.05. The molecule has 1 heterocycles. The fraction of sp³-hybridized carbons (Fsp3) is 0.316.